The zero-order chi connectivity index (χ0) is 8.43. The first-order valence-corrected chi connectivity index (χ1v) is 3.51. The van der Waals surface area contributed by atoms with E-state index in [1.165, 1.54) is 0 Å². The van der Waals surface area contributed by atoms with Crippen LogP contribution in [0.5, 0.6) is 0 Å². The lowest BCUT2D eigenvalue weighted by Crippen LogP contribution is -2.16. The average molecular weight is 154 g/mol. The Labute approximate surface area is 66.8 Å². The first-order chi connectivity index (χ1) is 5.13. The Balaban J connectivity index is 2.96. The molecule has 1 N–H and O–H groups in total. The zero-order valence-electron chi connectivity index (χ0n) is 7.42. The highest BCUT2D eigenvalue weighted by atomic mass is 15.3. The Kier molecular flexibility index (Phi) is 2.03. The predicted octanol–water partition coefficient (Wildman–Crippen LogP) is 0.542. The van der Waals surface area contributed by atoms with Gasteiger partial charge >= 0.3 is 0 Å². The van der Waals surface area contributed by atoms with Crippen LogP contribution in [0.2, 0.25) is 0 Å². The average Bonchev–Trinajstić information content (AvgIpc) is 2.32. The van der Waals surface area contributed by atoms with Gasteiger partial charge in [0.15, 0.2) is 5.82 Å². The normalized spacial score (nSPS) is 9.82. The van der Waals surface area contributed by atoms with Gasteiger partial charge in [-0.3, -0.25) is 0 Å². The van der Waals surface area contributed by atoms with Crippen LogP contribution in [-0.4, -0.2) is 38.2 Å². The fraction of sp³-hybridized carbons (Fsp3) is 0.571. The highest BCUT2D eigenvalue weighted by Gasteiger charge is 2.07. The second-order valence-corrected chi connectivity index (χ2v) is 2.86. The van der Waals surface area contributed by atoms with Gasteiger partial charge in [-0.2, -0.15) is 0 Å². The summed E-state index contributed by atoms with van der Waals surface area (Å²) in [6.45, 7) is 0. The number of hydrogen-bond donors (Lipinski definition) is 1. The van der Waals surface area contributed by atoms with Crippen molar-refractivity contribution in [3.05, 3.63) is 6.33 Å². The van der Waals surface area contributed by atoms with Crippen LogP contribution in [0, 0.1) is 0 Å². The molecule has 0 unspecified atom stereocenters. The van der Waals surface area contributed by atoms with Crippen LogP contribution < -0.4 is 9.80 Å². The van der Waals surface area contributed by atoms with Gasteiger partial charge in [0.05, 0.1) is 6.33 Å². The van der Waals surface area contributed by atoms with Gasteiger partial charge in [0.1, 0.15) is 5.82 Å². The Morgan fingerprint density at radius 3 is 2.18 bits per heavy atom. The van der Waals surface area contributed by atoms with Crippen molar-refractivity contribution in [3.63, 3.8) is 0 Å². The van der Waals surface area contributed by atoms with Crippen molar-refractivity contribution in [2.45, 2.75) is 0 Å². The van der Waals surface area contributed by atoms with E-state index in [-0.39, 0.29) is 0 Å². The van der Waals surface area contributed by atoms with E-state index in [1.54, 1.807) is 6.33 Å². The van der Waals surface area contributed by atoms with Gasteiger partial charge in [0, 0.05) is 28.2 Å². The Morgan fingerprint density at radius 1 is 1.18 bits per heavy atom. The summed E-state index contributed by atoms with van der Waals surface area (Å²) in [7, 11) is 7.92. The van der Waals surface area contributed by atoms with Crippen molar-refractivity contribution in [1.29, 1.82) is 0 Å². The van der Waals surface area contributed by atoms with Gasteiger partial charge in [0.2, 0.25) is 0 Å². The SMILES string of the molecule is CN(C)c1nc[nH]c1N(C)C. The molecule has 0 spiro atoms. The molecule has 0 radical (unpaired) electrons. The van der Waals surface area contributed by atoms with Gasteiger partial charge < -0.3 is 14.8 Å². The van der Waals surface area contributed by atoms with E-state index in [4.69, 9.17) is 0 Å². The number of aromatic nitrogens is 2. The molecule has 4 nitrogen and oxygen atoms in total. The number of nitrogens with zero attached hydrogens (tertiary/aromatic N) is 3. The Bertz CT molecular complexity index is 204. The molecule has 62 valence electrons. The van der Waals surface area contributed by atoms with Crippen molar-refractivity contribution in [1.82, 2.24) is 9.97 Å². The summed E-state index contributed by atoms with van der Waals surface area (Å²) < 4.78 is 0. The molecule has 1 rings (SSSR count). The first kappa shape index (κ1) is 7.91. The van der Waals surface area contributed by atoms with Crippen LogP contribution in [-0.2, 0) is 0 Å². The van der Waals surface area contributed by atoms with Gasteiger partial charge in [-0.25, -0.2) is 4.98 Å². The quantitative estimate of drug-likeness (QED) is 0.675. The van der Waals surface area contributed by atoms with E-state index in [0.717, 1.165) is 11.6 Å². The summed E-state index contributed by atoms with van der Waals surface area (Å²) in [5.41, 5.74) is 0. The molecule has 0 aliphatic heterocycles. The minimum absolute atomic E-state index is 0.968. The summed E-state index contributed by atoms with van der Waals surface area (Å²) in [4.78, 5) is 11.2. The lowest BCUT2D eigenvalue weighted by Gasteiger charge is -2.16. The summed E-state index contributed by atoms with van der Waals surface area (Å²) >= 11 is 0. The van der Waals surface area contributed by atoms with Gasteiger partial charge in [-0.1, -0.05) is 0 Å². The Morgan fingerprint density at radius 2 is 1.82 bits per heavy atom. The molecule has 0 saturated carbocycles. The zero-order valence-corrected chi connectivity index (χ0v) is 7.42. The summed E-state index contributed by atoms with van der Waals surface area (Å²) in [5, 5.41) is 0. The molecule has 0 fully saturated rings. The van der Waals surface area contributed by atoms with Gasteiger partial charge in [0.25, 0.3) is 0 Å². The molecule has 4 heteroatoms. The minimum Gasteiger partial charge on any atom is -0.361 e. The highest BCUT2D eigenvalue weighted by Crippen LogP contribution is 2.20. The van der Waals surface area contributed by atoms with Crippen LogP contribution in [0.25, 0.3) is 0 Å². The van der Waals surface area contributed by atoms with E-state index in [2.05, 4.69) is 9.97 Å². The number of imidazole rings is 1. The largest absolute Gasteiger partial charge is 0.361 e. The van der Waals surface area contributed by atoms with Crippen LogP contribution in [0.1, 0.15) is 0 Å². The third-order valence-electron chi connectivity index (χ3n) is 1.47. The minimum atomic E-state index is 0.968. The standard InChI is InChI=1S/C7H14N4/c1-10(2)6-7(11(3)4)9-5-8-6/h5H,1-4H3,(H,8,9). The topological polar surface area (TPSA) is 35.2 Å². The maximum atomic E-state index is 4.17. The van der Waals surface area contributed by atoms with Crippen molar-refractivity contribution in [2.24, 2.45) is 0 Å². The van der Waals surface area contributed by atoms with Crippen molar-refractivity contribution >= 4 is 11.6 Å². The molecule has 1 aromatic rings. The van der Waals surface area contributed by atoms with Crippen molar-refractivity contribution in [2.75, 3.05) is 38.0 Å². The maximum absolute atomic E-state index is 4.17. The Hall–Kier alpha value is -1.19. The number of rotatable bonds is 2. The number of anilines is 2. The van der Waals surface area contributed by atoms with Crippen LogP contribution >= 0.6 is 0 Å². The third-order valence-corrected chi connectivity index (χ3v) is 1.47. The van der Waals surface area contributed by atoms with Crippen molar-refractivity contribution < 1.29 is 0 Å². The smallest absolute Gasteiger partial charge is 0.170 e. The molecule has 1 heterocycles. The molecule has 0 amide bonds. The van der Waals surface area contributed by atoms with E-state index in [0.29, 0.717) is 0 Å². The molecule has 0 bridgehead atoms. The summed E-state index contributed by atoms with van der Waals surface area (Å²) in [5.74, 6) is 2.00. The first-order valence-electron chi connectivity index (χ1n) is 3.51. The number of hydrogen-bond acceptors (Lipinski definition) is 3. The molecule has 0 atom stereocenters. The second kappa shape index (κ2) is 2.82. The lowest BCUT2D eigenvalue weighted by atomic mass is 10.5. The summed E-state index contributed by atoms with van der Waals surface area (Å²) in [6.07, 6.45) is 1.70. The molecule has 0 saturated heterocycles. The molecule has 0 aromatic carbocycles. The molecule has 1 aromatic heterocycles. The van der Waals surface area contributed by atoms with E-state index >= 15 is 0 Å². The maximum Gasteiger partial charge on any atom is 0.170 e. The van der Waals surface area contributed by atoms with Gasteiger partial charge in [-0.05, 0) is 0 Å². The highest BCUT2D eigenvalue weighted by molar-refractivity contribution is 5.61. The second-order valence-electron chi connectivity index (χ2n) is 2.86. The van der Waals surface area contributed by atoms with E-state index in [9.17, 15) is 0 Å². The molecule has 11 heavy (non-hydrogen) atoms. The molecular formula is C7H14N4. The summed E-state index contributed by atoms with van der Waals surface area (Å²) in [6, 6.07) is 0. The molecule has 0 aliphatic rings. The number of aromatic amines is 1. The van der Waals surface area contributed by atoms with E-state index in [1.807, 2.05) is 38.0 Å². The van der Waals surface area contributed by atoms with E-state index < -0.39 is 0 Å². The fourth-order valence-electron chi connectivity index (χ4n) is 0.937. The van der Waals surface area contributed by atoms with Crippen LogP contribution in [0.4, 0.5) is 11.6 Å². The third kappa shape index (κ3) is 1.45. The van der Waals surface area contributed by atoms with Crippen LogP contribution in [0.15, 0.2) is 6.33 Å². The molecular weight excluding hydrogens is 140 g/mol. The molecule has 0 aliphatic carbocycles. The lowest BCUT2D eigenvalue weighted by molar-refractivity contribution is 1.04. The predicted molar refractivity (Wildman–Crippen MR) is 47.2 cm³/mol. The number of nitrogens with one attached hydrogen (secondary N) is 1. The monoisotopic (exact) mass is 154 g/mol. The fourth-order valence-corrected chi connectivity index (χ4v) is 0.937. The van der Waals surface area contributed by atoms with Crippen molar-refractivity contribution in [3.8, 4) is 0 Å². The van der Waals surface area contributed by atoms with Crippen LogP contribution in [0.3, 0.4) is 0 Å². The number of H-pyrrole nitrogens is 1. The van der Waals surface area contributed by atoms with Gasteiger partial charge in [-0.15, -0.1) is 0 Å².